The normalized spacial score (nSPS) is 17.6. The molecule has 0 aliphatic heterocycles. The molecule has 1 aromatic heterocycles. The fraction of sp³-hybridized carbons (Fsp3) is 0.600. The van der Waals surface area contributed by atoms with Gasteiger partial charge in [0.15, 0.2) is 0 Å². The third-order valence-corrected chi connectivity index (χ3v) is 3.87. The molecule has 0 bridgehead atoms. The Morgan fingerprint density at radius 2 is 2.17 bits per heavy atom. The molecule has 3 nitrogen and oxygen atoms in total. The van der Waals surface area contributed by atoms with Crippen molar-refractivity contribution in [1.29, 1.82) is 0 Å². The van der Waals surface area contributed by atoms with Gasteiger partial charge in [-0.1, -0.05) is 25.8 Å². The maximum atomic E-state index is 11.6. The van der Waals surface area contributed by atoms with Gasteiger partial charge in [0.25, 0.3) is 0 Å². The van der Waals surface area contributed by atoms with Crippen molar-refractivity contribution in [3.63, 3.8) is 0 Å². The Labute approximate surface area is 109 Å². The van der Waals surface area contributed by atoms with Crippen LogP contribution in [-0.4, -0.2) is 17.4 Å². The first-order valence-corrected chi connectivity index (χ1v) is 6.95. The molecule has 1 aliphatic carbocycles. The highest BCUT2D eigenvalue weighted by molar-refractivity contribution is 5.75. The van der Waals surface area contributed by atoms with Gasteiger partial charge in [0.2, 0.25) is 5.91 Å². The predicted molar refractivity (Wildman–Crippen MR) is 72.3 cm³/mol. The molecule has 0 saturated heterocycles. The van der Waals surface area contributed by atoms with Gasteiger partial charge in [-0.2, -0.15) is 0 Å². The zero-order valence-electron chi connectivity index (χ0n) is 11.1. The second kappa shape index (κ2) is 5.98. The van der Waals surface area contributed by atoms with Crippen molar-refractivity contribution in [2.75, 3.05) is 6.54 Å². The van der Waals surface area contributed by atoms with Crippen LogP contribution in [0.25, 0.3) is 0 Å². The van der Waals surface area contributed by atoms with Crippen LogP contribution in [-0.2, 0) is 10.2 Å². The highest BCUT2D eigenvalue weighted by Gasteiger charge is 2.36. The Balaban J connectivity index is 2.06. The van der Waals surface area contributed by atoms with Crippen LogP contribution in [0.4, 0.5) is 0 Å². The first-order chi connectivity index (χ1) is 8.77. The van der Waals surface area contributed by atoms with Crippen molar-refractivity contribution in [3.05, 3.63) is 30.1 Å². The lowest BCUT2D eigenvalue weighted by atomic mass is 9.82. The number of hydrogen-bond donors (Lipinski definition) is 1. The summed E-state index contributed by atoms with van der Waals surface area (Å²) in [7, 11) is 0. The zero-order valence-corrected chi connectivity index (χ0v) is 11.1. The van der Waals surface area contributed by atoms with Gasteiger partial charge in [-0.05, 0) is 31.4 Å². The Kier molecular flexibility index (Phi) is 4.34. The van der Waals surface area contributed by atoms with E-state index < -0.39 is 0 Å². The van der Waals surface area contributed by atoms with Crippen molar-refractivity contribution in [1.82, 2.24) is 10.3 Å². The van der Waals surface area contributed by atoms with Crippen molar-refractivity contribution >= 4 is 5.91 Å². The maximum absolute atomic E-state index is 11.6. The highest BCUT2D eigenvalue weighted by atomic mass is 16.1. The SMILES string of the molecule is CCCC(=O)NCC1(c2ccccn2)CCCC1. The van der Waals surface area contributed by atoms with E-state index in [1.807, 2.05) is 25.3 Å². The predicted octanol–water partition coefficient (Wildman–Crippen LogP) is 2.81. The van der Waals surface area contributed by atoms with Crippen LogP contribution >= 0.6 is 0 Å². The molecule has 98 valence electrons. The van der Waals surface area contributed by atoms with Crippen molar-refractivity contribution in [2.45, 2.75) is 50.9 Å². The Hall–Kier alpha value is -1.38. The summed E-state index contributed by atoms with van der Waals surface area (Å²) in [5.41, 5.74) is 1.21. The smallest absolute Gasteiger partial charge is 0.220 e. The molecule has 0 spiro atoms. The number of carbonyl (C=O) groups is 1. The molecule has 1 heterocycles. The van der Waals surface area contributed by atoms with Crippen molar-refractivity contribution in [3.8, 4) is 0 Å². The molecule has 0 radical (unpaired) electrons. The Bertz CT molecular complexity index is 383. The van der Waals surface area contributed by atoms with E-state index in [-0.39, 0.29) is 11.3 Å². The van der Waals surface area contributed by atoms with Crippen LogP contribution < -0.4 is 5.32 Å². The lowest BCUT2D eigenvalue weighted by Gasteiger charge is -2.28. The molecular formula is C15H22N2O. The molecule has 18 heavy (non-hydrogen) atoms. The minimum absolute atomic E-state index is 0.0741. The van der Waals surface area contributed by atoms with E-state index in [4.69, 9.17) is 0 Å². The summed E-state index contributed by atoms with van der Waals surface area (Å²) in [4.78, 5) is 16.1. The number of nitrogens with one attached hydrogen (secondary N) is 1. The summed E-state index contributed by atoms with van der Waals surface area (Å²) in [6, 6.07) is 6.08. The number of nitrogens with zero attached hydrogens (tertiary/aromatic N) is 1. The average molecular weight is 246 g/mol. The van der Waals surface area contributed by atoms with Crippen molar-refractivity contribution < 1.29 is 4.79 Å². The van der Waals surface area contributed by atoms with Gasteiger partial charge < -0.3 is 5.32 Å². The summed E-state index contributed by atoms with van der Waals surface area (Å²) < 4.78 is 0. The van der Waals surface area contributed by atoms with E-state index in [1.165, 1.54) is 12.8 Å². The first-order valence-electron chi connectivity index (χ1n) is 6.95. The number of rotatable bonds is 5. The molecule has 1 aliphatic rings. The minimum atomic E-state index is 0.0741. The van der Waals surface area contributed by atoms with E-state index in [2.05, 4.69) is 16.4 Å². The van der Waals surface area contributed by atoms with E-state index >= 15 is 0 Å². The lowest BCUT2D eigenvalue weighted by Crippen LogP contribution is -2.39. The van der Waals surface area contributed by atoms with Crippen LogP contribution in [0.2, 0.25) is 0 Å². The summed E-state index contributed by atoms with van der Waals surface area (Å²) >= 11 is 0. The van der Waals surface area contributed by atoms with Crippen LogP contribution in [0, 0.1) is 0 Å². The monoisotopic (exact) mass is 246 g/mol. The van der Waals surface area contributed by atoms with Crippen LogP contribution in [0.3, 0.4) is 0 Å². The van der Waals surface area contributed by atoms with Crippen molar-refractivity contribution in [2.24, 2.45) is 0 Å². The second-order valence-electron chi connectivity index (χ2n) is 5.23. The molecule has 1 fully saturated rings. The molecule has 1 saturated carbocycles. The summed E-state index contributed by atoms with van der Waals surface area (Å²) in [5.74, 6) is 0.166. The van der Waals surface area contributed by atoms with Gasteiger partial charge in [0.05, 0.1) is 0 Å². The van der Waals surface area contributed by atoms with E-state index in [0.29, 0.717) is 6.42 Å². The van der Waals surface area contributed by atoms with Gasteiger partial charge in [0, 0.05) is 30.3 Å². The van der Waals surface area contributed by atoms with Gasteiger partial charge in [-0.3, -0.25) is 9.78 Å². The van der Waals surface area contributed by atoms with Crippen LogP contribution in [0.5, 0.6) is 0 Å². The third kappa shape index (κ3) is 2.89. The zero-order chi connectivity index (χ0) is 12.8. The number of pyridine rings is 1. The van der Waals surface area contributed by atoms with Crippen LogP contribution in [0.15, 0.2) is 24.4 Å². The minimum Gasteiger partial charge on any atom is -0.355 e. The lowest BCUT2D eigenvalue weighted by molar-refractivity contribution is -0.121. The largest absolute Gasteiger partial charge is 0.355 e. The Morgan fingerprint density at radius 1 is 1.39 bits per heavy atom. The molecular weight excluding hydrogens is 224 g/mol. The highest BCUT2D eigenvalue weighted by Crippen LogP contribution is 2.39. The first kappa shape index (κ1) is 13.1. The molecule has 0 unspecified atom stereocenters. The van der Waals surface area contributed by atoms with Gasteiger partial charge in [-0.25, -0.2) is 0 Å². The summed E-state index contributed by atoms with van der Waals surface area (Å²) in [6.45, 7) is 2.77. The van der Waals surface area contributed by atoms with E-state index in [1.54, 1.807) is 0 Å². The third-order valence-electron chi connectivity index (χ3n) is 3.87. The fourth-order valence-electron chi connectivity index (χ4n) is 2.83. The quantitative estimate of drug-likeness (QED) is 0.868. The summed E-state index contributed by atoms with van der Waals surface area (Å²) in [5, 5.41) is 3.09. The average Bonchev–Trinajstić information content (AvgIpc) is 2.88. The van der Waals surface area contributed by atoms with Gasteiger partial charge in [0.1, 0.15) is 0 Å². The fourth-order valence-corrected chi connectivity index (χ4v) is 2.83. The Morgan fingerprint density at radius 3 is 2.78 bits per heavy atom. The van der Waals surface area contributed by atoms with E-state index in [9.17, 15) is 4.79 Å². The standard InChI is InChI=1S/C15H22N2O/c1-2-7-14(18)17-12-15(9-4-5-10-15)13-8-3-6-11-16-13/h3,6,8,11H,2,4-5,7,9-10,12H2,1H3,(H,17,18). The number of aromatic nitrogens is 1. The van der Waals surface area contributed by atoms with Crippen LogP contribution in [0.1, 0.15) is 51.1 Å². The molecule has 1 amide bonds. The topological polar surface area (TPSA) is 42.0 Å². The molecule has 0 atom stereocenters. The second-order valence-corrected chi connectivity index (χ2v) is 5.23. The molecule has 3 heteroatoms. The number of carbonyl (C=O) groups excluding carboxylic acids is 1. The van der Waals surface area contributed by atoms with Gasteiger partial charge in [-0.15, -0.1) is 0 Å². The number of amides is 1. The van der Waals surface area contributed by atoms with E-state index in [0.717, 1.165) is 31.5 Å². The molecule has 1 aromatic rings. The summed E-state index contributed by atoms with van der Waals surface area (Å²) in [6.07, 6.45) is 8.12. The number of hydrogen-bond acceptors (Lipinski definition) is 2. The molecule has 0 aromatic carbocycles. The molecule has 1 N–H and O–H groups in total. The molecule has 2 rings (SSSR count). The maximum Gasteiger partial charge on any atom is 0.220 e. The van der Waals surface area contributed by atoms with Gasteiger partial charge >= 0.3 is 0 Å².